The van der Waals surface area contributed by atoms with Crippen LogP contribution in [0.3, 0.4) is 0 Å². The smallest absolute Gasteiger partial charge is 0.339 e. The average molecular weight is 366 g/mol. The van der Waals surface area contributed by atoms with Crippen LogP contribution in [-0.4, -0.2) is 42.2 Å². The molecule has 1 N–H and O–H groups in total. The highest BCUT2D eigenvalue weighted by molar-refractivity contribution is 6.21. The van der Waals surface area contributed by atoms with Gasteiger partial charge in [0.2, 0.25) is 5.91 Å². The monoisotopic (exact) mass is 366 g/mol. The van der Waals surface area contributed by atoms with E-state index >= 15 is 0 Å². The lowest BCUT2D eigenvalue weighted by Gasteiger charge is -2.14. The van der Waals surface area contributed by atoms with Gasteiger partial charge in [-0.3, -0.25) is 19.3 Å². The van der Waals surface area contributed by atoms with Gasteiger partial charge < -0.3 is 10.1 Å². The molecule has 7 nitrogen and oxygen atoms in total. The topological polar surface area (TPSA) is 92.8 Å². The summed E-state index contributed by atoms with van der Waals surface area (Å²) in [5.74, 6) is -1.54. The first-order valence-electron chi connectivity index (χ1n) is 8.45. The van der Waals surface area contributed by atoms with Crippen LogP contribution in [0, 0.1) is 0 Å². The molecule has 0 spiro atoms. The Hall–Kier alpha value is -3.48. The van der Waals surface area contributed by atoms with Crippen LogP contribution in [0.25, 0.3) is 0 Å². The third-order valence-electron chi connectivity index (χ3n) is 4.27. The number of para-hydroxylation sites is 1. The van der Waals surface area contributed by atoms with Crippen LogP contribution in [-0.2, 0) is 9.53 Å². The van der Waals surface area contributed by atoms with Crippen molar-refractivity contribution < 1.29 is 23.9 Å². The van der Waals surface area contributed by atoms with E-state index < -0.39 is 5.97 Å². The van der Waals surface area contributed by atoms with Crippen molar-refractivity contribution in [3.05, 3.63) is 65.2 Å². The molecule has 0 saturated carbocycles. The van der Waals surface area contributed by atoms with Gasteiger partial charge in [0.15, 0.2) is 0 Å². The summed E-state index contributed by atoms with van der Waals surface area (Å²) < 4.78 is 4.69. The molecular weight excluding hydrogens is 348 g/mol. The Morgan fingerprint density at radius 3 is 2.19 bits per heavy atom. The first kappa shape index (κ1) is 18.3. The van der Waals surface area contributed by atoms with Gasteiger partial charge in [0.05, 0.1) is 29.5 Å². The van der Waals surface area contributed by atoms with Gasteiger partial charge in [-0.2, -0.15) is 0 Å². The number of carbonyl (C=O) groups excluding carboxylic acids is 4. The van der Waals surface area contributed by atoms with Gasteiger partial charge in [0.25, 0.3) is 11.8 Å². The number of anilines is 1. The third kappa shape index (κ3) is 3.72. The molecule has 1 heterocycles. The maximum Gasteiger partial charge on any atom is 0.339 e. The third-order valence-corrected chi connectivity index (χ3v) is 4.27. The molecule has 1 aliphatic heterocycles. The van der Waals surface area contributed by atoms with Crippen molar-refractivity contribution in [1.29, 1.82) is 0 Å². The lowest BCUT2D eigenvalue weighted by Crippen LogP contribution is -2.31. The number of hydrogen-bond acceptors (Lipinski definition) is 5. The van der Waals surface area contributed by atoms with E-state index in [4.69, 9.17) is 0 Å². The fraction of sp³-hybridized carbons (Fsp3) is 0.200. The van der Waals surface area contributed by atoms with Crippen LogP contribution in [0.2, 0.25) is 0 Å². The van der Waals surface area contributed by atoms with Crippen molar-refractivity contribution >= 4 is 29.4 Å². The number of ether oxygens (including phenoxy) is 1. The van der Waals surface area contributed by atoms with Crippen LogP contribution in [0.1, 0.15) is 43.9 Å². The number of hydrogen-bond donors (Lipinski definition) is 1. The zero-order valence-electron chi connectivity index (χ0n) is 14.7. The summed E-state index contributed by atoms with van der Waals surface area (Å²) in [4.78, 5) is 49.6. The Balaban J connectivity index is 1.56. The maximum absolute atomic E-state index is 12.3. The second kappa shape index (κ2) is 7.82. The number of fused-ring (bicyclic) bond motifs is 1. The van der Waals surface area contributed by atoms with Crippen LogP contribution in [0.15, 0.2) is 48.5 Å². The molecule has 0 bridgehead atoms. The zero-order chi connectivity index (χ0) is 19.4. The van der Waals surface area contributed by atoms with E-state index in [1.807, 2.05) is 0 Å². The van der Waals surface area contributed by atoms with Crippen LogP contribution in [0.4, 0.5) is 5.69 Å². The first-order chi connectivity index (χ1) is 13.0. The minimum atomic E-state index is -0.545. The maximum atomic E-state index is 12.3. The lowest BCUT2D eigenvalue weighted by atomic mass is 10.1. The quantitative estimate of drug-likeness (QED) is 0.626. The highest BCUT2D eigenvalue weighted by Crippen LogP contribution is 2.23. The predicted octanol–water partition coefficient (Wildman–Crippen LogP) is 2.49. The number of amides is 3. The molecule has 0 unspecified atom stereocenters. The molecule has 0 fully saturated rings. The van der Waals surface area contributed by atoms with Gasteiger partial charge in [0, 0.05) is 13.0 Å². The summed E-state index contributed by atoms with van der Waals surface area (Å²) in [6.45, 7) is 0.151. The van der Waals surface area contributed by atoms with Crippen molar-refractivity contribution in [3.8, 4) is 0 Å². The van der Waals surface area contributed by atoms with E-state index in [1.54, 1.807) is 48.5 Å². The summed E-state index contributed by atoms with van der Waals surface area (Å²) in [5.41, 5.74) is 1.39. The molecule has 0 atom stereocenters. The van der Waals surface area contributed by atoms with E-state index in [2.05, 4.69) is 10.1 Å². The highest BCUT2D eigenvalue weighted by Gasteiger charge is 2.34. The molecule has 0 aliphatic carbocycles. The lowest BCUT2D eigenvalue weighted by molar-refractivity contribution is -0.116. The van der Waals surface area contributed by atoms with Crippen LogP contribution >= 0.6 is 0 Å². The molecular formula is C20H18N2O5. The fourth-order valence-corrected chi connectivity index (χ4v) is 2.93. The Kier molecular flexibility index (Phi) is 5.30. The summed E-state index contributed by atoms with van der Waals surface area (Å²) in [6, 6.07) is 13.2. The van der Waals surface area contributed by atoms with Gasteiger partial charge in [-0.1, -0.05) is 24.3 Å². The largest absolute Gasteiger partial charge is 0.465 e. The Bertz CT molecular complexity index is 887. The molecule has 3 amide bonds. The molecule has 1 aliphatic rings. The standard InChI is InChI=1S/C20H18N2O5/c1-27-20(26)15-9-4-5-10-16(15)21-17(23)11-6-12-22-18(24)13-7-2-3-8-14(13)19(22)25/h2-5,7-10H,6,11-12H2,1H3,(H,21,23). The predicted molar refractivity (Wildman–Crippen MR) is 97.5 cm³/mol. The number of esters is 1. The van der Waals surface area contributed by atoms with Crippen molar-refractivity contribution in [2.45, 2.75) is 12.8 Å². The summed E-state index contributed by atoms with van der Waals surface area (Å²) in [7, 11) is 1.27. The van der Waals surface area contributed by atoms with E-state index in [0.29, 0.717) is 23.2 Å². The molecule has 2 aromatic carbocycles. The first-order valence-corrected chi connectivity index (χ1v) is 8.45. The number of nitrogens with one attached hydrogen (secondary N) is 1. The molecule has 7 heteroatoms. The van der Waals surface area contributed by atoms with Crippen LogP contribution < -0.4 is 5.32 Å². The molecule has 138 valence electrons. The summed E-state index contributed by atoms with van der Waals surface area (Å²) >= 11 is 0. The number of carbonyl (C=O) groups is 4. The molecule has 2 aromatic rings. The van der Waals surface area contributed by atoms with E-state index in [9.17, 15) is 19.2 Å². The molecule has 27 heavy (non-hydrogen) atoms. The van der Waals surface area contributed by atoms with Gasteiger partial charge in [-0.25, -0.2) is 4.79 Å². The second-order valence-corrected chi connectivity index (χ2v) is 6.00. The number of nitrogens with zero attached hydrogens (tertiary/aromatic N) is 1. The SMILES string of the molecule is COC(=O)c1ccccc1NC(=O)CCCN1C(=O)c2ccccc2C1=O. The Labute approximate surface area is 155 Å². The number of imide groups is 1. The summed E-state index contributed by atoms with van der Waals surface area (Å²) in [5, 5.41) is 2.66. The van der Waals surface area contributed by atoms with Crippen molar-refractivity contribution in [2.75, 3.05) is 19.0 Å². The highest BCUT2D eigenvalue weighted by atomic mass is 16.5. The van der Waals surface area contributed by atoms with Gasteiger partial charge >= 0.3 is 5.97 Å². The average Bonchev–Trinajstić information content (AvgIpc) is 2.93. The van der Waals surface area contributed by atoms with Crippen LogP contribution in [0.5, 0.6) is 0 Å². The molecule has 0 saturated heterocycles. The molecule has 0 radical (unpaired) electrons. The Morgan fingerprint density at radius 2 is 1.56 bits per heavy atom. The number of rotatable bonds is 6. The summed E-state index contributed by atoms with van der Waals surface area (Å²) in [6.07, 6.45) is 0.417. The van der Waals surface area contributed by atoms with Crippen molar-refractivity contribution in [3.63, 3.8) is 0 Å². The zero-order valence-corrected chi connectivity index (χ0v) is 14.7. The fourth-order valence-electron chi connectivity index (χ4n) is 2.93. The normalized spacial score (nSPS) is 12.7. The molecule has 3 rings (SSSR count). The van der Waals surface area contributed by atoms with Gasteiger partial charge in [-0.15, -0.1) is 0 Å². The molecule has 0 aromatic heterocycles. The van der Waals surface area contributed by atoms with Gasteiger partial charge in [-0.05, 0) is 30.7 Å². The minimum absolute atomic E-state index is 0.100. The van der Waals surface area contributed by atoms with E-state index in [-0.39, 0.29) is 36.3 Å². The minimum Gasteiger partial charge on any atom is -0.465 e. The number of methoxy groups -OCH3 is 1. The van der Waals surface area contributed by atoms with Crippen molar-refractivity contribution in [2.24, 2.45) is 0 Å². The van der Waals surface area contributed by atoms with E-state index in [0.717, 1.165) is 4.90 Å². The van der Waals surface area contributed by atoms with Crippen molar-refractivity contribution in [1.82, 2.24) is 4.90 Å². The number of benzene rings is 2. The second-order valence-electron chi connectivity index (χ2n) is 6.00. The Morgan fingerprint density at radius 1 is 0.963 bits per heavy atom. The van der Waals surface area contributed by atoms with E-state index in [1.165, 1.54) is 7.11 Å². The van der Waals surface area contributed by atoms with Gasteiger partial charge in [0.1, 0.15) is 0 Å².